The number of aromatic nitrogens is 4. The summed E-state index contributed by atoms with van der Waals surface area (Å²) in [6.07, 6.45) is 3.91. The van der Waals surface area contributed by atoms with Crippen LogP contribution >= 0.6 is 11.3 Å². The van der Waals surface area contributed by atoms with Gasteiger partial charge < -0.3 is 0 Å². The highest BCUT2D eigenvalue weighted by Gasteiger charge is 2.28. The number of thiazole rings is 1. The summed E-state index contributed by atoms with van der Waals surface area (Å²) in [5, 5.41) is 8.66. The van der Waals surface area contributed by atoms with E-state index in [-0.39, 0.29) is 17.8 Å². The van der Waals surface area contributed by atoms with Gasteiger partial charge in [-0.05, 0) is 63.9 Å². The minimum absolute atomic E-state index is 0.148. The van der Waals surface area contributed by atoms with Gasteiger partial charge in [-0.3, -0.25) is 10.1 Å². The van der Waals surface area contributed by atoms with Crippen LogP contribution in [0.15, 0.2) is 36.5 Å². The molecule has 0 unspecified atom stereocenters. The molecule has 0 aliphatic heterocycles. The summed E-state index contributed by atoms with van der Waals surface area (Å²) < 4.78 is 15.1. The van der Waals surface area contributed by atoms with Crippen molar-refractivity contribution in [2.24, 2.45) is 0 Å². The summed E-state index contributed by atoms with van der Waals surface area (Å²) in [5.41, 5.74) is 3.81. The lowest BCUT2D eigenvalue weighted by atomic mass is 10.1. The fourth-order valence-electron chi connectivity index (χ4n) is 3.68. The van der Waals surface area contributed by atoms with Crippen LogP contribution in [-0.4, -0.2) is 25.7 Å². The number of amides is 1. The lowest BCUT2D eigenvalue weighted by molar-refractivity contribution is 0.102. The van der Waals surface area contributed by atoms with Gasteiger partial charge in [-0.2, -0.15) is 5.10 Å². The van der Waals surface area contributed by atoms with E-state index < -0.39 is 0 Å². The van der Waals surface area contributed by atoms with E-state index in [9.17, 15) is 9.18 Å². The number of fused-ring (bicyclic) bond motifs is 1. The first-order chi connectivity index (χ1) is 14.9. The Balaban J connectivity index is 1.50. The van der Waals surface area contributed by atoms with Crippen molar-refractivity contribution >= 4 is 33.4 Å². The van der Waals surface area contributed by atoms with Gasteiger partial charge in [-0.1, -0.05) is 0 Å². The van der Waals surface area contributed by atoms with Gasteiger partial charge in [-0.25, -0.2) is 19.0 Å². The average Bonchev–Trinajstić information content (AvgIpc) is 3.40. The Hall–Kier alpha value is -3.13. The molecule has 158 valence electrons. The summed E-state index contributed by atoms with van der Waals surface area (Å²) in [5.74, 6) is -0.101. The zero-order valence-corrected chi connectivity index (χ0v) is 18.3. The molecular weight excluding hydrogens is 413 g/mol. The fraction of sp³-hybridized carbons (Fsp3) is 0.304. The van der Waals surface area contributed by atoms with Crippen molar-refractivity contribution in [1.82, 2.24) is 19.7 Å². The molecule has 6 nitrogen and oxygen atoms in total. The number of benzene rings is 1. The average molecular weight is 436 g/mol. The molecule has 1 aromatic carbocycles. The molecule has 0 atom stereocenters. The molecule has 0 bridgehead atoms. The minimum Gasteiger partial charge on any atom is -0.298 e. The molecular formula is C23H22FN5OS. The van der Waals surface area contributed by atoms with E-state index in [1.807, 2.05) is 31.5 Å². The number of aryl methyl sites for hydroxylation is 1. The van der Waals surface area contributed by atoms with E-state index in [0.29, 0.717) is 16.6 Å². The number of hydrogen-bond donors (Lipinski definition) is 1. The molecule has 1 aliphatic rings. The first-order valence-corrected chi connectivity index (χ1v) is 11.1. The third-order valence-electron chi connectivity index (χ3n) is 5.45. The van der Waals surface area contributed by atoms with Crippen LogP contribution < -0.4 is 5.32 Å². The van der Waals surface area contributed by atoms with E-state index in [1.165, 1.54) is 23.5 Å². The van der Waals surface area contributed by atoms with Crippen molar-refractivity contribution in [3.05, 3.63) is 58.5 Å². The van der Waals surface area contributed by atoms with Crippen LogP contribution in [-0.2, 0) is 0 Å². The third-order valence-corrected chi connectivity index (χ3v) is 6.34. The number of nitrogens with one attached hydrogen (secondary N) is 1. The fourth-order valence-corrected chi connectivity index (χ4v) is 4.51. The molecule has 31 heavy (non-hydrogen) atoms. The number of rotatable bonds is 5. The standard InChI is InChI=1S/C23H22FN5OS/c1-12(2)29-21-18(11-25-29)17(10-19(26-21)14-4-5-14)22(30)28-23-27-20(13(3)31-23)15-6-8-16(24)9-7-15/h6-12,14H,4-5H2,1-3H3,(H,27,28,30). The molecule has 0 saturated heterocycles. The molecule has 1 N–H and O–H groups in total. The van der Waals surface area contributed by atoms with Crippen LogP contribution in [0, 0.1) is 12.7 Å². The van der Waals surface area contributed by atoms with Crippen LogP contribution in [0.1, 0.15) is 59.6 Å². The van der Waals surface area contributed by atoms with Gasteiger partial charge in [0, 0.05) is 28.1 Å². The largest absolute Gasteiger partial charge is 0.298 e. The lowest BCUT2D eigenvalue weighted by Gasteiger charge is -2.10. The Bertz CT molecular complexity index is 1290. The Labute approximate surface area is 183 Å². The van der Waals surface area contributed by atoms with Crippen LogP contribution in [0.3, 0.4) is 0 Å². The molecule has 8 heteroatoms. The predicted octanol–water partition coefficient (Wildman–Crippen LogP) is 5.71. The highest BCUT2D eigenvalue weighted by Crippen LogP contribution is 2.40. The van der Waals surface area contributed by atoms with Crippen LogP contribution in [0.2, 0.25) is 0 Å². The maximum atomic E-state index is 13.3. The van der Waals surface area contributed by atoms with E-state index in [4.69, 9.17) is 4.98 Å². The summed E-state index contributed by atoms with van der Waals surface area (Å²) in [6, 6.07) is 8.24. The SMILES string of the molecule is Cc1sc(NC(=O)c2cc(C3CC3)nc3c2cnn3C(C)C)nc1-c1ccc(F)cc1. The number of carbonyl (C=O) groups excluding carboxylic acids is 1. The Morgan fingerprint density at radius 2 is 1.97 bits per heavy atom. The van der Waals surface area contributed by atoms with Crippen molar-refractivity contribution in [2.45, 2.75) is 45.6 Å². The highest BCUT2D eigenvalue weighted by molar-refractivity contribution is 7.16. The smallest absolute Gasteiger partial charge is 0.258 e. The van der Waals surface area contributed by atoms with Gasteiger partial charge in [0.2, 0.25) is 0 Å². The number of nitrogens with zero attached hydrogens (tertiary/aromatic N) is 4. The summed E-state index contributed by atoms with van der Waals surface area (Å²) >= 11 is 1.40. The first kappa shape index (κ1) is 19.8. The maximum absolute atomic E-state index is 13.3. The second-order valence-corrected chi connectivity index (χ2v) is 9.38. The molecule has 1 saturated carbocycles. The van der Waals surface area contributed by atoms with Crippen molar-refractivity contribution in [2.75, 3.05) is 5.32 Å². The third kappa shape index (κ3) is 3.72. The molecule has 1 fully saturated rings. The van der Waals surface area contributed by atoms with E-state index in [2.05, 4.69) is 15.4 Å². The van der Waals surface area contributed by atoms with Crippen LogP contribution in [0.5, 0.6) is 0 Å². The highest BCUT2D eigenvalue weighted by atomic mass is 32.1. The number of carbonyl (C=O) groups is 1. The maximum Gasteiger partial charge on any atom is 0.258 e. The Kier molecular flexibility index (Phi) is 4.81. The Morgan fingerprint density at radius 3 is 2.65 bits per heavy atom. The molecule has 1 aliphatic carbocycles. The molecule has 1 amide bonds. The van der Waals surface area contributed by atoms with Crippen molar-refractivity contribution in [3.63, 3.8) is 0 Å². The Morgan fingerprint density at radius 1 is 1.23 bits per heavy atom. The van der Waals surface area contributed by atoms with E-state index in [1.54, 1.807) is 18.3 Å². The van der Waals surface area contributed by atoms with Gasteiger partial charge >= 0.3 is 0 Å². The van der Waals surface area contributed by atoms with E-state index >= 15 is 0 Å². The second kappa shape index (κ2) is 7.53. The first-order valence-electron chi connectivity index (χ1n) is 10.3. The topological polar surface area (TPSA) is 72.7 Å². The van der Waals surface area contributed by atoms with Crippen molar-refractivity contribution in [1.29, 1.82) is 0 Å². The molecule has 3 heterocycles. The monoisotopic (exact) mass is 435 g/mol. The van der Waals surface area contributed by atoms with Gasteiger partial charge in [0.1, 0.15) is 5.82 Å². The zero-order valence-electron chi connectivity index (χ0n) is 17.5. The van der Waals surface area contributed by atoms with Crippen LogP contribution in [0.4, 0.5) is 9.52 Å². The number of halogens is 1. The lowest BCUT2D eigenvalue weighted by Crippen LogP contribution is -2.13. The van der Waals surface area contributed by atoms with Crippen molar-refractivity contribution in [3.8, 4) is 11.3 Å². The van der Waals surface area contributed by atoms with Gasteiger partial charge in [-0.15, -0.1) is 11.3 Å². The van der Waals surface area contributed by atoms with Crippen molar-refractivity contribution < 1.29 is 9.18 Å². The summed E-state index contributed by atoms with van der Waals surface area (Å²) in [4.78, 5) is 23.6. The molecule has 3 aromatic heterocycles. The summed E-state index contributed by atoms with van der Waals surface area (Å²) in [7, 11) is 0. The normalized spacial score (nSPS) is 13.8. The van der Waals surface area contributed by atoms with Crippen LogP contribution in [0.25, 0.3) is 22.3 Å². The quantitative estimate of drug-likeness (QED) is 0.436. The molecule has 0 radical (unpaired) electrons. The number of anilines is 1. The van der Waals surface area contributed by atoms with Gasteiger partial charge in [0.05, 0.1) is 22.8 Å². The predicted molar refractivity (Wildman–Crippen MR) is 120 cm³/mol. The zero-order chi connectivity index (χ0) is 21.7. The second-order valence-electron chi connectivity index (χ2n) is 8.17. The van der Waals surface area contributed by atoms with Gasteiger partial charge in [0.25, 0.3) is 5.91 Å². The molecule has 4 aromatic rings. The van der Waals surface area contributed by atoms with E-state index in [0.717, 1.165) is 45.7 Å². The van der Waals surface area contributed by atoms with Gasteiger partial charge in [0.15, 0.2) is 10.8 Å². The summed E-state index contributed by atoms with van der Waals surface area (Å²) in [6.45, 7) is 6.04. The number of pyridine rings is 1. The number of hydrogen-bond acceptors (Lipinski definition) is 5. The molecule has 5 rings (SSSR count). The molecule has 0 spiro atoms. The minimum atomic E-state index is -0.291.